The third-order valence-corrected chi connectivity index (χ3v) is 5.49. The van der Waals surface area contributed by atoms with E-state index in [4.69, 9.17) is 9.47 Å². The van der Waals surface area contributed by atoms with Gasteiger partial charge in [0, 0.05) is 26.4 Å². The van der Waals surface area contributed by atoms with Gasteiger partial charge in [-0.1, -0.05) is 19.6 Å². The van der Waals surface area contributed by atoms with Crippen molar-refractivity contribution in [1.29, 1.82) is 5.26 Å². The van der Waals surface area contributed by atoms with Crippen LogP contribution < -0.4 is 4.74 Å². The molecule has 128 valence electrons. The Morgan fingerprint density at radius 1 is 1.25 bits per heavy atom. The topological polar surface area (TPSA) is 60.1 Å². The molecule has 0 aliphatic carbocycles. The Morgan fingerprint density at radius 2 is 2.00 bits per heavy atom. The Balaban J connectivity index is 2.08. The van der Waals surface area contributed by atoms with E-state index in [0.717, 1.165) is 29.3 Å². The van der Waals surface area contributed by atoms with E-state index in [1.54, 1.807) is 18.0 Å². The molecule has 0 bridgehead atoms. The van der Waals surface area contributed by atoms with E-state index in [2.05, 4.69) is 30.8 Å². The number of aryl methyl sites for hydroxylation is 1. The molecule has 0 unspecified atom stereocenters. The first-order chi connectivity index (χ1) is 11.3. The molecular weight excluding hydrogens is 318 g/mol. The van der Waals surface area contributed by atoms with Crippen LogP contribution in [0.2, 0.25) is 25.7 Å². The Morgan fingerprint density at radius 3 is 2.62 bits per heavy atom. The molecule has 0 saturated heterocycles. The summed E-state index contributed by atoms with van der Waals surface area (Å²) in [5.41, 5.74) is 3.39. The number of hydrogen-bond acceptors (Lipinski definition) is 4. The zero-order valence-corrected chi connectivity index (χ0v) is 16.1. The normalized spacial score (nSPS) is 11.3. The second-order valence-electron chi connectivity index (χ2n) is 7.10. The van der Waals surface area contributed by atoms with Crippen molar-refractivity contribution in [2.45, 2.75) is 39.3 Å². The van der Waals surface area contributed by atoms with Gasteiger partial charge in [-0.2, -0.15) is 10.4 Å². The Kier molecular flexibility index (Phi) is 5.81. The Bertz CT molecular complexity index is 742. The van der Waals surface area contributed by atoms with Crippen LogP contribution in [0.3, 0.4) is 0 Å². The summed E-state index contributed by atoms with van der Waals surface area (Å²) in [5.74, 6) is 0.628. The maximum Gasteiger partial charge on any atom is 0.139 e. The van der Waals surface area contributed by atoms with Crippen LogP contribution in [0, 0.1) is 18.3 Å². The van der Waals surface area contributed by atoms with Gasteiger partial charge in [0.25, 0.3) is 0 Å². The molecule has 2 aromatic rings. The lowest BCUT2D eigenvalue weighted by Crippen LogP contribution is -2.22. The third-order valence-electron chi connectivity index (χ3n) is 3.79. The van der Waals surface area contributed by atoms with Crippen molar-refractivity contribution in [2.75, 3.05) is 13.7 Å². The molecule has 0 atom stereocenters. The van der Waals surface area contributed by atoms with Gasteiger partial charge in [-0.15, -0.1) is 0 Å². The predicted octanol–water partition coefficient (Wildman–Crippen LogP) is 4.05. The van der Waals surface area contributed by atoms with Crippen molar-refractivity contribution in [3.63, 3.8) is 0 Å². The zero-order chi connectivity index (χ0) is 17.7. The van der Waals surface area contributed by atoms with Crippen LogP contribution >= 0.6 is 0 Å². The molecule has 0 aliphatic rings. The Hall–Kier alpha value is -2.10. The summed E-state index contributed by atoms with van der Waals surface area (Å²) in [5, 5.41) is 13.6. The quantitative estimate of drug-likeness (QED) is 0.562. The van der Waals surface area contributed by atoms with Crippen molar-refractivity contribution in [3.05, 3.63) is 35.7 Å². The van der Waals surface area contributed by atoms with Gasteiger partial charge in [0.15, 0.2) is 0 Å². The van der Waals surface area contributed by atoms with Crippen molar-refractivity contribution >= 4 is 8.07 Å². The van der Waals surface area contributed by atoms with Gasteiger partial charge in [-0.3, -0.25) is 0 Å². The average Bonchev–Trinajstić information content (AvgIpc) is 2.98. The number of aromatic nitrogens is 2. The van der Waals surface area contributed by atoms with Crippen molar-refractivity contribution in [2.24, 2.45) is 0 Å². The van der Waals surface area contributed by atoms with Crippen LogP contribution in [0.15, 0.2) is 24.5 Å². The predicted molar refractivity (Wildman–Crippen MR) is 97.8 cm³/mol. The smallest absolute Gasteiger partial charge is 0.139 e. The van der Waals surface area contributed by atoms with Gasteiger partial charge in [0.2, 0.25) is 0 Å². The summed E-state index contributed by atoms with van der Waals surface area (Å²) in [6, 6.07) is 7.17. The molecule has 0 aliphatic heterocycles. The van der Waals surface area contributed by atoms with E-state index < -0.39 is 8.07 Å². The molecule has 1 aromatic heterocycles. The van der Waals surface area contributed by atoms with Gasteiger partial charge in [0.1, 0.15) is 18.5 Å². The van der Waals surface area contributed by atoms with Crippen molar-refractivity contribution in [1.82, 2.24) is 9.78 Å². The van der Waals surface area contributed by atoms with Crippen LogP contribution in [-0.2, 0) is 11.5 Å². The summed E-state index contributed by atoms with van der Waals surface area (Å²) < 4.78 is 12.8. The minimum Gasteiger partial charge on any atom is -0.495 e. The SMILES string of the molecule is COc1c(C)cc(-c2cnn(COCC[Si](C)(C)C)c2)cc1C#N. The molecule has 6 heteroatoms. The molecule has 1 heterocycles. The van der Waals surface area contributed by atoms with E-state index in [9.17, 15) is 5.26 Å². The van der Waals surface area contributed by atoms with Crippen molar-refractivity contribution in [3.8, 4) is 22.9 Å². The van der Waals surface area contributed by atoms with Gasteiger partial charge < -0.3 is 9.47 Å². The van der Waals surface area contributed by atoms with E-state index in [1.807, 2.05) is 25.3 Å². The lowest BCUT2D eigenvalue weighted by atomic mass is 10.0. The van der Waals surface area contributed by atoms with Gasteiger partial charge in [-0.25, -0.2) is 4.68 Å². The second kappa shape index (κ2) is 7.64. The second-order valence-corrected chi connectivity index (χ2v) is 12.7. The summed E-state index contributed by atoms with van der Waals surface area (Å²) in [6.07, 6.45) is 3.74. The first kappa shape index (κ1) is 18.2. The van der Waals surface area contributed by atoms with Gasteiger partial charge in [0.05, 0.1) is 18.9 Å². The first-order valence-corrected chi connectivity index (χ1v) is 11.7. The van der Waals surface area contributed by atoms with Crippen LogP contribution in [0.4, 0.5) is 0 Å². The monoisotopic (exact) mass is 343 g/mol. The highest BCUT2D eigenvalue weighted by Crippen LogP contribution is 2.29. The standard InChI is InChI=1S/C18H25N3O2Si/c1-14-8-15(9-16(10-19)18(14)22-2)17-11-20-21(12-17)13-23-6-7-24(3,4)5/h8-9,11-12H,6-7,13H2,1-5H3. The number of ether oxygens (including phenoxy) is 2. The van der Waals surface area contributed by atoms with Crippen LogP contribution in [0.5, 0.6) is 5.75 Å². The molecule has 2 rings (SSSR count). The largest absolute Gasteiger partial charge is 0.495 e. The van der Waals surface area contributed by atoms with E-state index in [1.165, 1.54) is 0 Å². The van der Waals surface area contributed by atoms with Gasteiger partial charge >= 0.3 is 0 Å². The molecule has 1 aromatic carbocycles. The number of benzene rings is 1. The number of hydrogen-bond donors (Lipinski definition) is 0. The maximum atomic E-state index is 9.29. The fourth-order valence-corrected chi connectivity index (χ4v) is 3.17. The number of nitriles is 1. The molecule has 0 saturated carbocycles. The Labute approximate surface area is 144 Å². The lowest BCUT2D eigenvalue weighted by Gasteiger charge is -2.15. The number of nitrogens with zero attached hydrogens (tertiary/aromatic N) is 3. The fraction of sp³-hybridized carbons (Fsp3) is 0.444. The highest BCUT2D eigenvalue weighted by molar-refractivity contribution is 6.76. The lowest BCUT2D eigenvalue weighted by molar-refractivity contribution is 0.0786. The molecule has 0 fully saturated rings. The average molecular weight is 344 g/mol. The summed E-state index contributed by atoms with van der Waals surface area (Å²) in [7, 11) is 0.516. The fourth-order valence-electron chi connectivity index (χ4n) is 2.41. The highest BCUT2D eigenvalue weighted by Gasteiger charge is 2.13. The van der Waals surface area contributed by atoms with E-state index >= 15 is 0 Å². The minimum absolute atomic E-state index is 0.449. The minimum atomic E-state index is -1.07. The third kappa shape index (κ3) is 4.70. The number of methoxy groups -OCH3 is 1. The maximum absolute atomic E-state index is 9.29. The molecular formula is C18H25N3O2Si. The molecule has 0 amide bonds. The van der Waals surface area contributed by atoms with E-state index in [0.29, 0.717) is 18.0 Å². The summed E-state index contributed by atoms with van der Waals surface area (Å²) >= 11 is 0. The van der Waals surface area contributed by atoms with Crippen LogP contribution in [0.25, 0.3) is 11.1 Å². The molecule has 0 N–H and O–H groups in total. The van der Waals surface area contributed by atoms with Crippen LogP contribution in [0.1, 0.15) is 11.1 Å². The van der Waals surface area contributed by atoms with Crippen LogP contribution in [-0.4, -0.2) is 31.6 Å². The molecule has 0 spiro atoms. The highest BCUT2D eigenvalue weighted by atomic mass is 28.3. The molecule has 24 heavy (non-hydrogen) atoms. The van der Waals surface area contributed by atoms with E-state index in [-0.39, 0.29) is 0 Å². The summed E-state index contributed by atoms with van der Waals surface area (Å²) in [6.45, 7) is 10.2. The zero-order valence-electron chi connectivity index (χ0n) is 15.1. The first-order valence-electron chi connectivity index (χ1n) is 8.03. The van der Waals surface area contributed by atoms with Crippen molar-refractivity contribution < 1.29 is 9.47 Å². The number of rotatable bonds is 7. The molecule has 0 radical (unpaired) electrons. The summed E-state index contributed by atoms with van der Waals surface area (Å²) in [4.78, 5) is 0. The molecule has 5 nitrogen and oxygen atoms in total. The van der Waals surface area contributed by atoms with Gasteiger partial charge in [-0.05, 0) is 36.2 Å².